The Kier molecular flexibility index (Phi) is 6.49. The smallest absolute Gasteiger partial charge is 0.243 e. The zero-order valence-corrected chi connectivity index (χ0v) is 17.2. The lowest BCUT2D eigenvalue weighted by molar-refractivity contribution is -0.120. The number of sulfonamides is 1. The van der Waals surface area contributed by atoms with Gasteiger partial charge in [-0.3, -0.25) is 9.69 Å². The van der Waals surface area contributed by atoms with E-state index in [9.17, 15) is 13.2 Å². The first-order valence-electron chi connectivity index (χ1n) is 9.54. The summed E-state index contributed by atoms with van der Waals surface area (Å²) in [4.78, 5) is 17.0. The second kappa shape index (κ2) is 8.86. The molecule has 0 N–H and O–H groups in total. The molecule has 1 aliphatic rings. The maximum absolute atomic E-state index is 12.9. The second-order valence-electron chi connectivity index (χ2n) is 7.19. The van der Waals surface area contributed by atoms with Crippen LogP contribution in [0.3, 0.4) is 0 Å². The Bertz CT molecular complexity index is 878. The summed E-state index contributed by atoms with van der Waals surface area (Å²) in [5, 5.41) is 0. The Labute approximate surface area is 167 Å². The number of rotatable bonds is 6. The van der Waals surface area contributed by atoms with E-state index < -0.39 is 10.0 Å². The maximum Gasteiger partial charge on any atom is 0.243 e. The third-order valence-corrected chi connectivity index (χ3v) is 6.80. The topological polar surface area (TPSA) is 60.9 Å². The van der Waals surface area contributed by atoms with Gasteiger partial charge < -0.3 is 4.90 Å². The minimum Gasteiger partial charge on any atom is -0.309 e. The number of hydrogen-bond acceptors (Lipinski definition) is 4. The van der Waals surface area contributed by atoms with Crippen molar-refractivity contribution in [1.82, 2.24) is 9.21 Å². The first-order valence-corrected chi connectivity index (χ1v) is 11.0. The van der Waals surface area contributed by atoms with Gasteiger partial charge >= 0.3 is 0 Å². The van der Waals surface area contributed by atoms with Crippen molar-refractivity contribution in [3.63, 3.8) is 0 Å². The van der Waals surface area contributed by atoms with Crippen LogP contribution in [0.4, 0.5) is 5.69 Å². The molecule has 0 bridgehead atoms. The van der Waals surface area contributed by atoms with Crippen molar-refractivity contribution in [2.75, 3.05) is 37.6 Å². The first-order chi connectivity index (χ1) is 13.4. The Morgan fingerprint density at radius 1 is 0.929 bits per heavy atom. The fourth-order valence-corrected chi connectivity index (χ4v) is 4.90. The van der Waals surface area contributed by atoms with Gasteiger partial charge in [0.25, 0.3) is 0 Å². The van der Waals surface area contributed by atoms with E-state index in [1.807, 2.05) is 49.1 Å². The third-order valence-electron chi connectivity index (χ3n) is 4.89. The van der Waals surface area contributed by atoms with Crippen molar-refractivity contribution < 1.29 is 13.2 Å². The summed E-state index contributed by atoms with van der Waals surface area (Å²) in [5.41, 5.74) is 0.882. The molecule has 0 aliphatic carbocycles. The van der Waals surface area contributed by atoms with Gasteiger partial charge in [-0.15, -0.1) is 0 Å². The molecule has 2 aromatic rings. The number of anilines is 1. The number of nitrogens with zero attached hydrogens (tertiary/aromatic N) is 3. The Morgan fingerprint density at radius 2 is 1.46 bits per heavy atom. The van der Waals surface area contributed by atoms with Gasteiger partial charge in [0.2, 0.25) is 15.9 Å². The SMILES string of the molecule is CC(C)N(C(=O)CN1CCN(S(=O)(=O)c2ccccc2)CC1)c1ccccc1. The molecule has 1 fully saturated rings. The molecular formula is C21H27N3O3S. The normalized spacial score (nSPS) is 16.2. The predicted octanol–water partition coefficient (Wildman–Crippen LogP) is 2.43. The van der Waals surface area contributed by atoms with Gasteiger partial charge in [0.15, 0.2) is 0 Å². The van der Waals surface area contributed by atoms with Crippen LogP contribution < -0.4 is 4.90 Å². The molecule has 7 heteroatoms. The molecule has 150 valence electrons. The van der Waals surface area contributed by atoms with Gasteiger partial charge in [0.1, 0.15) is 0 Å². The monoisotopic (exact) mass is 401 g/mol. The number of para-hydroxylation sites is 1. The maximum atomic E-state index is 12.9. The van der Waals surface area contributed by atoms with Gasteiger partial charge in [-0.25, -0.2) is 8.42 Å². The summed E-state index contributed by atoms with van der Waals surface area (Å²) in [5.74, 6) is 0.0283. The molecule has 1 amide bonds. The van der Waals surface area contributed by atoms with Crippen molar-refractivity contribution in [3.8, 4) is 0 Å². The molecule has 6 nitrogen and oxygen atoms in total. The van der Waals surface area contributed by atoms with Crippen LogP contribution in [0.15, 0.2) is 65.6 Å². The molecule has 3 rings (SSSR count). The highest BCUT2D eigenvalue weighted by molar-refractivity contribution is 7.89. The number of amides is 1. The molecule has 0 atom stereocenters. The van der Waals surface area contributed by atoms with Crippen molar-refractivity contribution in [3.05, 3.63) is 60.7 Å². The molecule has 1 aliphatic heterocycles. The number of hydrogen-bond donors (Lipinski definition) is 0. The molecule has 0 radical (unpaired) electrons. The summed E-state index contributed by atoms with van der Waals surface area (Å²) < 4.78 is 27.0. The second-order valence-corrected chi connectivity index (χ2v) is 9.12. The van der Waals surface area contributed by atoms with Crippen molar-refractivity contribution in [2.45, 2.75) is 24.8 Å². The van der Waals surface area contributed by atoms with Gasteiger partial charge in [0.05, 0.1) is 11.4 Å². The van der Waals surface area contributed by atoms with Crippen LogP contribution in [0, 0.1) is 0 Å². The lowest BCUT2D eigenvalue weighted by atomic mass is 10.2. The van der Waals surface area contributed by atoms with E-state index in [1.54, 1.807) is 35.2 Å². The van der Waals surface area contributed by atoms with Crippen LogP contribution in [0.25, 0.3) is 0 Å². The lowest BCUT2D eigenvalue weighted by Gasteiger charge is -2.35. The van der Waals surface area contributed by atoms with Gasteiger partial charge in [-0.05, 0) is 38.1 Å². The Morgan fingerprint density at radius 3 is 2.00 bits per heavy atom. The van der Waals surface area contributed by atoms with E-state index in [2.05, 4.69) is 0 Å². The largest absolute Gasteiger partial charge is 0.309 e. The van der Waals surface area contributed by atoms with E-state index in [1.165, 1.54) is 4.31 Å². The molecule has 1 saturated heterocycles. The van der Waals surface area contributed by atoms with E-state index in [-0.39, 0.29) is 18.5 Å². The molecular weight excluding hydrogens is 374 g/mol. The minimum absolute atomic E-state index is 0.0283. The van der Waals surface area contributed by atoms with Crippen LogP contribution in [-0.2, 0) is 14.8 Å². The molecule has 0 aromatic heterocycles. The van der Waals surface area contributed by atoms with Crippen molar-refractivity contribution >= 4 is 21.6 Å². The summed E-state index contributed by atoms with van der Waals surface area (Å²) in [6, 6.07) is 18.2. The molecule has 28 heavy (non-hydrogen) atoms. The van der Waals surface area contributed by atoms with Crippen LogP contribution in [0.1, 0.15) is 13.8 Å². The molecule has 0 saturated carbocycles. The third kappa shape index (κ3) is 4.60. The van der Waals surface area contributed by atoms with Gasteiger partial charge in [0, 0.05) is 37.9 Å². The van der Waals surface area contributed by atoms with Crippen LogP contribution in [0.5, 0.6) is 0 Å². The highest BCUT2D eigenvalue weighted by Gasteiger charge is 2.30. The van der Waals surface area contributed by atoms with E-state index in [0.29, 0.717) is 31.1 Å². The van der Waals surface area contributed by atoms with Gasteiger partial charge in [-0.1, -0.05) is 36.4 Å². The summed E-state index contributed by atoms with van der Waals surface area (Å²) in [6.45, 7) is 6.13. The number of benzene rings is 2. The number of carbonyl (C=O) groups is 1. The summed E-state index contributed by atoms with van der Waals surface area (Å²) in [6.07, 6.45) is 0. The van der Waals surface area contributed by atoms with E-state index in [4.69, 9.17) is 0 Å². The summed E-state index contributed by atoms with van der Waals surface area (Å²) in [7, 11) is -3.48. The van der Waals surface area contributed by atoms with Crippen LogP contribution in [0.2, 0.25) is 0 Å². The van der Waals surface area contributed by atoms with Gasteiger partial charge in [-0.2, -0.15) is 4.31 Å². The van der Waals surface area contributed by atoms with Crippen molar-refractivity contribution in [1.29, 1.82) is 0 Å². The van der Waals surface area contributed by atoms with Crippen LogP contribution >= 0.6 is 0 Å². The summed E-state index contributed by atoms with van der Waals surface area (Å²) >= 11 is 0. The predicted molar refractivity (Wildman–Crippen MR) is 111 cm³/mol. The standard InChI is InChI=1S/C21H27N3O3S/c1-18(2)24(19-9-5-3-6-10-19)21(25)17-22-13-15-23(16-14-22)28(26,27)20-11-7-4-8-12-20/h3-12,18H,13-17H2,1-2H3. The minimum atomic E-state index is -3.48. The fraction of sp³-hybridized carbons (Fsp3) is 0.381. The quantitative estimate of drug-likeness (QED) is 0.746. The van der Waals surface area contributed by atoms with E-state index >= 15 is 0 Å². The van der Waals surface area contributed by atoms with Crippen molar-refractivity contribution in [2.24, 2.45) is 0 Å². The highest BCUT2D eigenvalue weighted by Crippen LogP contribution is 2.19. The molecule has 0 spiro atoms. The molecule has 0 unspecified atom stereocenters. The molecule has 1 heterocycles. The Hall–Kier alpha value is -2.22. The number of carbonyl (C=O) groups excluding carboxylic acids is 1. The fourth-order valence-electron chi connectivity index (χ4n) is 3.46. The number of piperazine rings is 1. The average Bonchev–Trinajstić information content (AvgIpc) is 2.70. The van der Waals surface area contributed by atoms with E-state index in [0.717, 1.165) is 5.69 Å². The first kappa shape index (κ1) is 20.5. The highest BCUT2D eigenvalue weighted by atomic mass is 32.2. The molecule has 2 aromatic carbocycles. The van der Waals surface area contributed by atoms with Crippen LogP contribution in [-0.4, -0.2) is 62.3 Å². The Balaban J connectivity index is 1.61. The lowest BCUT2D eigenvalue weighted by Crippen LogP contribution is -2.52. The average molecular weight is 402 g/mol. The zero-order chi connectivity index (χ0) is 20.1. The zero-order valence-electron chi connectivity index (χ0n) is 16.4.